The van der Waals surface area contributed by atoms with Crippen LogP contribution in [0.4, 0.5) is 10.5 Å². The maximum Gasteiger partial charge on any atom is 0.407 e. The molecule has 0 saturated heterocycles. The second-order valence-corrected chi connectivity index (χ2v) is 9.66. The lowest BCUT2D eigenvalue weighted by molar-refractivity contribution is 0.0509. The monoisotopic (exact) mass is 505 g/mol. The summed E-state index contributed by atoms with van der Waals surface area (Å²) in [4.78, 5) is 29.3. The molecule has 0 spiro atoms. The largest absolute Gasteiger partial charge is 0.473 e. The van der Waals surface area contributed by atoms with E-state index in [0.717, 1.165) is 10.9 Å². The first-order valence-electron chi connectivity index (χ1n) is 12.0. The van der Waals surface area contributed by atoms with Gasteiger partial charge in [-0.3, -0.25) is 0 Å². The summed E-state index contributed by atoms with van der Waals surface area (Å²) in [6, 6.07) is 16.8. The van der Waals surface area contributed by atoms with Gasteiger partial charge in [0.15, 0.2) is 0 Å². The number of esters is 1. The molecule has 37 heavy (non-hydrogen) atoms. The molecule has 0 saturated carbocycles. The smallest absolute Gasteiger partial charge is 0.407 e. The summed E-state index contributed by atoms with van der Waals surface area (Å²) in [5.41, 5.74) is 2.08. The average molecular weight is 506 g/mol. The number of fused-ring (bicyclic) bond motifs is 3. The van der Waals surface area contributed by atoms with Gasteiger partial charge in [-0.2, -0.15) is 0 Å². The minimum absolute atomic E-state index is 0.0406. The van der Waals surface area contributed by atoms with E-state index in [9.17, 15) is 9.59 Å². The third kappa shape index (κ3) is 6.30. The van der Waals surface area contributed by atoms with E-state index in [1.54, 1.807) is 32.9 Å². The lowest BCUT2D eigenvalue weighted by atomic mass is 10.1. The number of anilines is 1. The minimum Gasteiger partial charge on any atom is -0.473 e. The standard InChI is InChI=1S/C28H31N3O6/c1-17(30-27(33)37-28(2,3)4)15-29-24-23-19-11-14-22(35-16-18-9-7-6-8-10-18)31-20(19)12-13-21(23)36-25(24)26(32)34-5/h6-14,17,29H,15-16H2,1-5H3,(H,30,33)/t17-/m1/s1. The van der Waals surface area contributed by atoms with E-state index in [4.69, 9.17) is 18.6 Å². The van der Waals surface area contributed by atoms with Crippen molar-refractivity contribution in [1.82, 2.24) is 10.3 Å². The molecule has 0 aliphatic carbocycles. The number of ether oxygens (including phenoxy) is 3. The van der Waals surface area contributed by atoms with Crippen LogP contribution in [0.15, 0.2) is 59.0 Å². The number of hydrogen-bond donors (Lipinski definition) is 2. The topological polar surface area (TPSA) is 112 Å². The molecule has 194 valence electrons. The van der Waals surface area contributed by atoms with Crippen LogP contribution < -0.4 is 15.4 Å². The minimum atomic E-state index is -0.615. The molecule has 2 aromatic heterocycles. The summed E-state index contributed by atoms with van der Waals surface area (Å²) >= 11 is 0. The highest BCUT2D eigenvalue weighted by Gasteiger charge is 2.24. The van der Waals surface area contributed by atoms with Gasteiger partial charge >= 0.3 is 12.1 Å². The fourth-order valence-corrected chi connectivity index (χ4v) is 3.81. The normalized spacial score (nSPS) is 12.2. The summed E-state index contributed by atoms with van der Waals surface area (Å²) < 4.78 is 22.0. The number of rotatable bonds is 8. The zero-order valence-corrected chi connectivity index (χ0v) is 21.6. The summed E-state index contributed by atoms with van der Waals surface area (Å²) in [7, 11) is 1.29. The Morgan fingerprint density at radius 2 is 1.81 bits per heavy atom. The zero-order chi connectivity index (χ0) is 26.6. The van der Waals surface area contributed by atoms with Crippen LogP contribution in [0.1, 0.15) is 43.8 Å². The van der Waals surface area contributed by atoms with Crippen molar-refractivity contribution in [3.63, 3.8) is 0 Å². The predicted octanol–water partition coefficient (Wildman–Crippen LogP) is 5.67. The Bertz CT molecular complexity index is 1410. The highest BCUT2D eigenvalue weighted by Crippen LogP contribution is 2.37. The molecule has 2 aromatic carbocycles. The molecule has 4 rings (SSSR count). The highest BCUT2D eigenvalue weighted by molar-refractivity contribution is 6.15. The Kier molecular flexibility index (Phi) is 7.52. The third-order valence-electron chi connectivity index (χ3n) is 5.45. The van der Waals surface area contributed by atoms with Gasteiger partial charge in [0.05, 0.1) is 23.7 Å². The summed E-state index contributed by atoms with van der Waals surface area (Å²) in [5, 5.41) is 7.49. The molecule has 0 unspecified atom stereocenters. The Balaban J connectivity index is 1.61. The van der Waals surface area contributed by atoms with Gasteiger partial charge in [0, 0.05) is 24.0 Å². The van der Waals surface area contributed by atoms with Crippen LogP contribution in [0.3, 0.4) is 0 Å². The van der Waals surface area contributed by atoms with Crippen molar-refractivity contribution in [1.29, 1.82) is 0 Å². The van der Waals surface area contributed by atoms with Crippen LogP contribution in [-0.2, 0) is 16.1 Å². The van der Waals surface area contributed by atoms with Gasteiger partial charge in [0.25, 0.3) is 0 Å². The number of pyridine rings is 1. The summed E-state index contributed by atoms with van der Waals surface area (Å²) in [6.07, 6.45) is -0.523. The van der Waals surface area contributed by atoms with Gasteiger partial charge in [0.2, 0.25) is 11.6 Å². The molecule has 2 N–H and O–H groups in total. The molecule has 0 bridgehead atoms. The zero-order valence-electron chi connectivity index (χ0n) is 21.6. The van der Waals surface area contributed by atoms with Crippen molar-refractivity contribution >= 4 is 39.6 Å². The van der Waals surface area contributed by atoms with Crippen molar-refractivity contribution in [2.75, 3.05) is 19.0 Å². The van der Waals surface area contributed by atoms with E-state index >= 15 is 0 Å². The SMILES string of the molecule is COC(=O)c1oc2ccc3nc(OCc4ccccc4)ccc3c2c1NC[C@@H](C)NC(=O)OC(C)(C)C. The van der Waals surface area contributed by atoms with Gasteiger partial charge in [-0.25, -0.2) is 14.6 Å². The fourth-order valence-electron chi connectivity index (χ4n) is 3.81. The second-order valence-electron chi connectivity index (χ2n) is 9.66. The Morgan fingerprint density at radius 1 is 1.05 bits per heavy atom. The molecule has 0 radical (unpaired) electrons. The molecule has 0 aliphatic heterocycles. The van der Waals surface area contributed by atoms with Crippen molar-refractivity contribution in [2.45, 2.75) is 45.9 Å². The number of nitrogens with zero attached hydrogens (tertiary/aromatic N) is 1. The van der Waals surface area contributed by atoms with Crippen LogP contribution in [0.25, 0.3) is 21.9 Å². The number of furan rings is 1. The second kappa shape index (κ2) is 10.8. The third-order valence-corrected chi connectivity index (χ3v) is 5.45. The molecule has 1 atom stereocenters. The van der Waals surface area contributed by atoms with Gasteiger partial charge in [0.1, 0.15) is 17.8 Å². The number of hydrogen-bond acceptors (Lipinski definition) is 8. The van der Waals surface area contributed by atoms with E-state index in [0.29, 0.717) is 41.2 Å². The Hall–Kier alpha value is -4.27. The summed E-state index contributed by atoms with van der Waals surface area (Å²) in [6.45, 7) is 7.93. The maximum atomic E-state index is 12.5. The number of aromatic nitrogens is 1. The molecule has 9 heteroatoms. The van der Waals surface area contributed by atoms with Crippen molar-refractivity contribution < 1.29 is 28.2 Å². The molecule has 1 amide bonds. The van der Waals surface area contributed by atoms with E-state index in [1.807, 2.05) is 49.4 Å². The highest BCUT2D eigenvalue weighted by atomic mass is 16.6. The molecule has 2 heterocycles. The van der Waals surface area contributed by atoms with Crippen LogP contribution in [0.5, 0.6) is 5.88 Å². The van der Waals surface area contributed by atoms with Gasteiger partial charge < -0.3 is 29.3 Å². The number of carbonyl (C=O) groups is 2. The molecule has 4 aromatic rings. The molecular formula is C28H31N3O6. The van der Waals surface area contributed by atoms with Crippen molar-refractivity contribution in [3.05, 3.63) is 65.9 Å². The van der Waals surface area contributed by atoms with Gasteiger partial charge in [-0.1, -0.05) is 30.3 Å². The lowest BCUT2D eigenvalue weighted by Gasteiger charge is -2.22. The molecule has 0 fully saturated rings. The number of alkyl carbamates (subject to hydrolysis) is 1. The predicted molar refractivity (Wildman–Crippen MR) is 141 cm³/mol. The number of carbonyl (C=O) groups excluding carboxylic acids is 2. The number of amides is 1. The quantitative estimate of drug-likeness (QED) is 0.295. The first kappa shape index (κ1) is 25.8. The number of benzene rings is 2. The first-order chi connectivity index (χ1) is 17.6. The maximum absolute atomic E-state index is 12.5. The average Bonchev–Trinajstić information content (AvgIpc) is 3.24. The molecule has 9 nitrogen and oxygen atoms in total. The summed E-state index contributed by atoms with van der Waals surface area (Å²) in [5.74, 6) is -0.0914. The fraction of sp³-hybridized carbons (Fsp3) is 0.321. The Labute approximate surface area is 215 Å². The van der Waals surface area contributed by atoms with Gasteiger partial charge in [-0.15, -0.1) is 0 Å². The number of nitrogens with one attached hydrogen (secondary N) is 2. The van der Waals surface area contributed by atoms with Crippen molar-refractivity contribution in [2.24, 2.45) is 0 Å². The molecule has 0 aliphatic rings. The van der Waals surface area contributed by atoms with E-state index in [1.165, 1.54) is 7.11 Å². The van der Waals surface area contributed by atoms with Crippen molar-refractivity contribution in [3.8, 4) is 5.88 Å². The number of methoxy groups -OCH3 is 1. The van der Waals surface area contributed by atoms with E-state index < -0.39 is 17.7 Å². The lowest BCUT2D eigenvalue weighted by Crippen LogP contribution is -2.40. The van der Waals surface area contributed by atoms with Crippen LogP contribution in [0.2, 0.25) is 0 Å². The van der Waals surface area contributed by atoms with E-state index in [-0.39, 0.29) is 11.8 Å². The van der Waals surface area contributed by atoms with E-state index in [2.05, 4.69) is 15.6 Å². The van der Waals surface area contributed by atoms with Crippen LogP contribution in [-0.4, -0.2) is 42.3 Å². The Morgan fingerprint density at radius 3 is 2.51 bits per heavy atom. The molecular weight excluding hydrogens is 474 g/mol. The first-order valence-corrected chi connectivity index (χ1v) is 12.0. The van der Waals surface area contributed by atoms with Crippen LogP contribution in [0, 0.1) is 0 Å². The van der Waals surface area contributed by atoms with Crippen LogP contribution >= 0.6 is 0 Å². The van der Waals surface area contributed by atoms with Gasteiger partial charge in [-0.05, 0) is 51.5 Å².